The second kappa shape index (κ2) is 5.31. The predicted octanol–water partition coefficient (Wildman–Crippen LogP) is 3.54. The van der Waals surface area contributed by atoms with Crippen LogP contribution in [0, 0.1) is 0 Å². The molecule has 0 unspecified atom stereocenters. The van der Waals surface area contributed by atoms with Crippen LogP contribution < -0.4 is 10.5 Å². The van der Waals surface area contributed by atoms with Gasteiger partial charge in [0.05, 0.1) is 12.7 Å². The van der Waals surface area contributed by atoms with E-state index in [0.29, 0.717) is 22.4 Å². The molecule has 18 heavy (non-hydrogen) atoms. The molecule has 0 aliphatic carbocycles. The molecule has 2 rings (SSSR count). The standard InChI is InChI=1S/C13H15ClN2O2/c1-3-4-10-12(18-16-13(10)15)9-6-5-8(14)7-11(9)17-2/h5-7H,3-4H2,1-2H3,(H2,15,16). The number of hydrogen-bond donors (Lipinski definition) is 1. The van der Waals surface area contributed by atoms with E-state index in [1.165, 1.54) is 0 Å². The van der Waals surface area contributed by atoms with Gasteiger partial charge in [0.2, 0.25) is 0 Å². The van der Waals surface area contributed by atoms with Gasteiger partial charge in [0.15, 0.2) is 11.6 Å². The summed E-state index contributed by atoms with van der Waals surface area (Å²) in [7, 11) is 1.59. The van der Waals surface area contributed by atoms with Crippen molar-refractivity contribution >= 4 is 17.4 Å². The first-order chi connectivity index (χ1) is 8.67. The fourth-order valence-corrected chi connectivity index (χ4v) is 2.04. The van der Waals surface area contributed by atoms with Crippen molar-refractivity contribution in [1.82, 2.24) is 5.16 Å². The minimum Gasteiger partial charge on any atom is -0.496 e. The lowest BCUT2D eigenvalue weighted by molar-refractivity contribution is 0.406. The van der Waals surface area contributed by atoms with Crippen LogP contribution in [0.2, 0.25) is 5.02 Å². The molecule has 0 amide bonds. The van der Waals surface area contributed by atoms with Crippen LogP contribution in [-0.2, 0) is 6.42 Å². The highest BCUT2D eigenvalue weighted by Crippen LogP contribution is 2.36. The van der Waals surface area contributed by atoms with Crippen LogP contribution in [-0.4, -0.2) is 12.3 Å². The summed E-state index contributed by atoms with van der Waals surface area (Å²) in [5.41, 5.74) is 7.54. The Morgan fingerprint density at radius 1 is 1.44 bits per heavy atom. The van der Waals surface area contributed by atoms with Crippen LogP contribution >= 0.6 is 11.6 Å². The number of nitrogens with two attached hydrogens (primary N) is 1. The minimum absolute atomic E-state index is 0.434. The SMILES string of the molecule is CCCc1c(N)noc1-c1ccc(Cl)cc1OC. The maximum atomic E-state index is 5.94. The third kappa shape index (κ3) is 2.29. The van der Waals surface area contributed by atoms with Crippen molar-refractivity contribution < 1.29 is 9.26 Å². The van der Waals surface area contributed by atoms with E-state index in [-0.39, 0.29) is 0 Å². The number of nitrogens with zero attached hydrogens (tertiary/aromatic N) is 1. The molecular weight excluding hydrogens is 252 g/mol. The molecular formula is C13H15ClN2O2. The van der Waals surface area contributed by atoms with E-state index in [2.05, 4.69) is 12.1 Å². The molecule has 5 heteroatoms. The van der Waals surface area contributed by atoms with Gasteiger partial charge in [-0.15, -0.1) is 0 Å². The fourth-order valence-electron chi connectivity index (χ4n) is 1.88. The summed E-state index contributed by atoms with van der Waals surface area (Å²) in [6.45, 7) is 2.08. The van der Waals surface area contributed by atoms with E-state index < -0.39 is 0 Å². The molecule has 0 atom stereocenters. The average molecular weight is 267 g/mol. The summed E-state index contributed by atoms with van der Waals surface area (Å²) in [6, 6.07) is 5.37. The molecule has 1 heterocycles. The minimum atomic E-state index is 0.434. The molecule has 0 aliphatic heterocycles. The molecule has 0 radical (unpaired) electrons. The average Bonchev–Trinajstić information content (AvgIpc) is 2.72. The van der Waals surface area contributed by atoms with Gasteiger partial charge in [-0.2, -0.15) is 0 Å². The zero-order chi connectivity index (χ0) is 13.1. The Hall–Kier alpha value is -1.68. The van der Waals surface area contributed by atoms with Crippen LogP contribution in [0.5, 0.6) is 5.75 Å². The number of rotatable bonds is 4. The fraction of sp³-hybridized carbons (Fsp3) is 0.308. The monoisotopic (exact) mass is 266 g/mol. The molecule has 2 aromatic rings. The zero-order valence-electron chi connectivity index (χ0n) is 10.4. The van der Waals surface area contributed by atoms with Crippen LogP contribution in [0.4, 0.5) is 5.82 Å². The Morgan fingerprint density at radius 3 is 2.89 bits per heavy atom. The Bertz CT molecular complexity index is 552. The quantitative estimate of drug-likeness (QED) is 0.919. The molecule has 1 aromatic heterocycles. The van der Waals surface area contributed by atoms with Crippen molar-refractivity contribution in [3.8, 4) is 17.1 Å². The largest absolute Gasteiger partial charge is 0.496 e. The zero-order valence-corrected chi connectivity index (χ0v) is 11.1. The third-order valence-corrected chi connectivity index (χ3v) is 2.96. The number of benzene rings is 1. The molecule has 0 bridgehead atoms. The number of hydrogen-bond acceptors (Lipinski definition) is 4. The molecule has 0 saturated carbocycles. The van der Waals surface area contributed by atoms with E-state index >= 15 is 0 Å². The van der Waals surface area contributed by atoms with Crippen molar-refractivity contribution in [3.05, 3.63) is 28.8 Å². The van der Waals surface area contributed by atoms with Gasteiger partial charge in [-0.05, 0) is 24.6 Å². The van der Waals surface area contributed by atoms with Gasteiger partial charge in [-0.3, -0.25) is 0 Å². The summed E-state index contributed by atoms with van der Waals surface area (Å²) in [5.74, 6) is 1.74. The van der Waals surface area contributed by atoms with Gasteiger partial charge < -0.3 is 15.0 Å². The van der Waals surface area contributed by atoms with Crippen molar-refractivity contribution in [1.29, 1.82) is 0 Å². The molecule has 4 nitrogen and oxygen atoms in total. The third-order valence-electron chi connectivity index (χ3n) is 2.73. The van der Waals surface area contributed by atoms with E-state index in [1.54, 1.807) is 19.2 Å². The van der Waals surface area contributed by atoms with E-state index in [0.717, 1.165) is 24.0 Å². The normalized spacial score (nSPS) is 10.6. The number of methoxy groups -OCH3 is 1. The molecule has 0 spiro atoms. The van der Waals surface area contributed by atoms with Gasteiger partial charge in [0.1, 0.15) is 5.75 Å². The van der Waals surface area contributed by atoms with E-state index in [4.69, 9.17) is 26.6 Å². The maximum absolute atomic E-state index is 5.94. The van der Waals surface area contributed by atoms with Crippen LogP contribution in [0.15, 0.2) is 22.7 Å². The number of ether oxygens (including phenoxy) is 1. The van der Waals surface area contributed by atoms with Crippen molar-refractivity contribution in [2.45, 2.75) is 19.8 Å². The smallest absolute Gasteiger partial charge is 0.175 e. The number of aromatic nitrogens is 1. The predicted molar refractivity (Wildman–Crippen MR) is 71.9 cm³/mol. The molecule has 96 valence electrons. The Morgan fingerprint density at radius 2 is 2.22 bits per heavy atom. The number of nitrogen functional groups attached to an aromatic ring is 1. The summed E-state index contributed by atoms with van der Waals surface area (Å²) < 4.78 is 10.6. The highest BCUT2D eigenvalue weighted by atomic mass is 35.5. The van der Waals surface area contributed by atoms with Crippen LogP contribution in [0.3, 0.4) is 0 Å². The van der Waals surface area contributed by atoms with E-state index in [9.17, 15) is 0 Å². The summed E-state index contributed by atoms with van der Waals surface area (Å²) in [4.78, 5) is 0. The first kappa shape index (κ1) is 12.8. The van der Waals surface area contributed by atoms with Gasteiger partial charge in [-0.1, -0.05) is 30.1 Å². The number of anilines is 1. The lowest BCUT2D eigenvalue weighted by atomic mass is 10.0. The van der Waals surface area contributed by atoms with Gasteiger partial charge >= 0.3 is 0 Å². The first-order valence-corrected chi connectivity index (χ1v) is 6.13. The van der Waals surface area contributed by atoms with Gasteiger partial charge in [-0.25, -0.2) is 0 Å². The molecule has 0 fully saturated rings. The van der Waals surface area contributed by atoms with Gasteiger partial charge in [0.25, 0.3) is 0 Å². The summed E-state index contributed by atoms with van der Waals surface area (Å²) >= 11 is 5.94. The second-order valence-corrected chi connectivity index (χ2v) is 4.41. The lowest BCUT2D eigenvalue weighted by Gasteiger charge is -2.07. The second-order valence-electron chi connectivity index (χ2n) is 3.97. The van der Waals surface area contributed by atoms with Crippen LogP contribution in [0.25, 0.3) is 11.3 Å². The highest BCUT2D eigenvalue weighted by Gasteiger charge is 2.18. The summed E-state index contributed by atoms with van der Waals surface area (Å²) in [5, 5.41) is 4.43. The topological polar surface area (TPSA) is 61.3 Å². The molecule has 0 aliphatic rings. The van der Waals surface area contributed by atoms with Gasteiger partial charge in [0, 0.05) is 10.6 Å². The van der Waals surface area contributed by atoms with Crippen molar-refractivity contribution in [2.75, 3.05) is 12.8 Å². The van der Waals surface area contributed by atoms with E-state index in [1.807, 2.05) is 6.07 Å². The first-order valence-electron chi connectivity index (χ1n) is 5.75. The van der Waals surface area contributed by atoms with Crippen molar-refractivity contribution in [3.63, 3.8) is 0 Å². The Balaban J connectivity index is 2.54. The van der Waals surface area contributed by atoms with Crippen molar-refractivity contribution in [2.24, 2.45) is 0 Å². The lowest BCUT2D eigenvalue weighted by Crippen LogP contribution is -1.94. The Kier molecular flexibility index (Phi) is 3.77. The molecule has 1 aromatic carbocycles. The van der Waals surface area contributed by atoms with Crippen LogP contribution in [0.1, 0.15) is 18.9 Å². The maximum Gasteiger partial charge on any atom is 0.175 e. The molecule has 0 saturated heterocycles. The molecule has 2 N–H and O–H groups in total. The number of halogens is 1. The Labute approximate surface area is 111 Å². The summed E-state index contributed by atoms with van der Waals surface area (Å²) in [6.07, 6.45) is 1.78. The highest BCUT2D eigenvalue weighted by molar-refractivity contribution is 6.30.